The van der Waals surface area contributed by atoms with Crippen molar-refractivity contribution < 1.29 is 43.8 Å². The van der Waals surface area contributed by atoms with Crippen molar-refractivity contribution in [2.24, 2.45) is 22.9 Å². The minimum Gasteiger partial charge on any atom is -0.459 e. The average molecular weight is 962 g/mol. The Morgan fingerprint density at radius 2 is 1.65 bits per heavy atom. The first-order valence-electron chi connectivity index (χ1n) is 24.6. The maximum Gasteiger partial charge on any atom is 0.269 e. The zero-order valence-electron chi connectivity index (χ0n) is 40.7. The van der Waals surface area contributed by atoms with Gasteiger partial charge in [0.1, 0.15) is 35.2 Å². The van der Waals surface area contributed by atoms with Crippen molar-refractivity contribution in [3.05, 3.63) is 172 Å². The van der Waals surface area contributed by atoms with E-state index in [-0.39, 0.29) is 62.1 Å². The molecule has 6 atom stereocenters. The Labute approximate surface area is 415 Å². The van der Waals surface area contributed by atoms with Gasteiger partial charge in [0.15, 0.2) is 0 Å². The molecule has 1 fully saturated rings. The maximum absolute atomic E-state index is 15.5. The highest BCUT2D eigenvalue weighted by molar-refractivity contribution is 6.03. The summed E-state index contributed by atoms with van der Waals surface area (Å²) >= 11 is 0. The third-order valence-electron chi connectivity index (χ3n) is 13.7. The number of unbranched alkanes of at least 4 members (excludes halogenated alkanes) is 2. The van der Waals surface area contributed by atoms with Crippen molar-refractivity contribution >= 4 is 40.4 Å². The number of nitro groups is 1. The van der Waals surface area contributed by atoms with Crippen LogP contribution in [0, 0.1) is 27.9 Å². The van der Waals surface area contributed by atoms with Crippen molar-refractivity contribution in [3.8, 4) is 17.2 Å². The van der Waals surface area contributed by atoms with Gasteiger partial charge in [-0.3, -0.25) is 19.7 Å². The third kappa shape index (κ3) is 11.3. The van der Waals surface area contributed by atoms with Gasteiger partial charge in [0.25, 0.3) is 5.69 Å². The van der Waals surface area contributed by atoms with Gasteiger partial charge < -0.3 is 34.2 Å². The predicted octanol–water partition coefficient (Wildman–Crippen LogP) is 11.5. The standard InChI is InChI=1S/C58H63N3O10/c1-5-32-68-58-53(60(37-43-18-13-17-41-15-6-7-20-47(41)43)54(65)29-24-39-22-25-44(26-23-39)61(66)67)36-51(59-71-57(2,3)4)49-34-42(16-8-10-30-62)48(21-9-11-31-63)55(56(49)58)50-35-46(27-28-52(50)70-58)69-45-19-12-14-40(33-45)38-64/h5-7,12-15,17-20,22-29,33-35,38,42,48,53,55-56,62-63H,1,8-11,16,21,30-32,36-37H2,2-4H3/t42-,48+,53-,55+,56+,58+/m0/s1. The predicted molar refractivity (Wildman–Crippen MR) is 274 cm³/mol. The minimum atomic E-state index is -1.55. The Balaban J connectivity index is 1.37. The molecule has 1 saturated carbocycles. The zero-order chi connectivity index (χ0) is 50.1. The lowest BCUT2D eigenvalue weighted by molar-refractivity contribution is -0.384. The van der Waals surface area contributed by atoms with Crippen molar-refractivity contribution in [2.45, 2.75) is 95.6 Å². The lowest BCUT2D eigenvalue weighted by Crippen LogP contribution is -2.70. The molecule has 71 heavy (non-hydrogen) atoms. The Morgan fingerprint density at radius 1 is 0.915 bits per heavy atom. The van der Waals surface area contributed by atoms with E-state index in [0.29, 0.717) is 46.9 Å². The van der Waals surface area contributed by atoms with E-state index in [1.165, 1.54) is 18.2 Å². The Morgan fingerprint density at radius 3 is 2.38 bits per heavy atom. The number of non-ortho nitro benzene ring substituents is 1. The second-order valence-electron chi connectivity index (χ2n) is 19.6. The number of oxime groups is 1. The molecule has 0 bridgehead atoms. The summed E-state index contributed by atoms with van der Waals surface area (Å²) in [6.45, 7) is 10.2. The number of aldehydes is 1. The van der Waals surface area contributed by atoms with Gasteiger partial charge in [-0.15, -0.1) is 6.58 Å². The van der Waals surface area contributed by atoms with Gasteiger partial charge in [-0.1, -0.05) is 84.7 Å². The van der Waals surface area contributed by atoms with Gasteiger partial charge in [0.05, 0.1) is 23.2 Å². The van der Waals surface area contributed by atoms with Crippen molar-refractivity contribution in [3.63, 3.8) is 0 Å². The normalized spacial score (nSPS) is 22.0. The number of amides is 1. The number of hydrogen-bond donors (Lipinski definition) is 2. The van der Waals surface area contributed by atoms with E-state index in [1.807, 2.05) is 86.3 Å². The second kappa shape index (κ2) is 22.4. The first-order chi connectivity index (χ1) is 34.4. The van der Waals surface area contributed by atoms with E-state index in [9.17, 15) is 25.1 Å². The number of fused-ring (bicyclic) bond motifs is 3. The molecule has 13 nitrogen and oxygen atoms in total. The summed E-state index contributed by atoms with van der Waals surface area (Å²) in [4.78, 5) is 46.5. The van der Waals surface area contributed by atoms with Crippen LogP contribution in [0.15, 0.2) is 145 Å². The van der Waals surface area contributed by atoms with Crippen molar-refractivity contribution in [2.75, 3.05) is 19.8 Å². The topological polar surface area (TPSA) is 170 Å². The van der Waals surface area contributed by atoms with Crippen LogP contribution in [0.2, 0.25) is 0 Å². The first kappa shape index (κ1) is 50.5. The summed E-state index contributed by atoms with van der Waals surface area (Å²) in [5.41, 5.74) is 3.67. The summed E-state index contributed by atoms with van der Waals surface area (Å²) in [7, 11) is 0. The van der Waals surface area contributed by atoms with Gasteiger partial charge in [0, 0.05) is 61.4 Å². The lowest BCUT2D eigenvalue weighted by Gasteiger charge is -2.60. The monoisotopic (exact) mass is 961 g/mol. The molecule has 2 N–H and O–H groups in total. The fourth-order valence-electron chi connectivity index (χ4n) is 10.6. The number of nitro benzene ring substituents is 1. The molecule has 2 aliphatic carbocycles. The molecule has 0 radical (unpaired) electrons. The molecule has 0 unspecified atom stereocenters. The van der Waals surface area contributed by atoms with E-state index in [2.05, 4.69) is 12.7 Å². The van der Waals surface area contributed by atoms with Crippen LogP contribution < -0.4 is 9.47 Å². The largest absolute Gasteiger partial charge is 0.459 e. The van der Waals surface area contributed by atoms with Crippen LogP contribution in [0.3, 0.4) is 0 Å². The van der Waals surface area contributed by atoms with Crippen LogP contribution in [0.25, 0.3) is 16.8 Å². The number of allylic oxidation sites excluding steroid dienone is 1. The maximum atomic E-state index is 15.5. The molecule has 5 aromatic rings. The van der Waals surface area contributed by atoms with Crippen LogP contribution >= 0.6 is 0 Å². The van der Waals surface area contributed by atoms with E-state index in [0.717, 1.165) is 59.4 Å². The molecule has 0 spiro atoms. The summed E-state index contributed by atoms with van der Waals surface area (Å²) < 4.78 is 21.2. The highest BCUT2D eigenvalue weighted by Gasteiger charge is 2.65. The van der Waals surface area contributed by atoms with Gasteiger partial charge in [-0.25, -0.2) is 0 Å². The molecule has 5 aromatic carbocycles. The Kier molecular flexibility index (Phi) is 15.9. The van der Waals surface area contributed by atoms with Gasteiger partial charge in [-0.2, -0.15) is 0 Å². The molecule has 370 valence electrons. The van der Waals surface area contributed by atoms with E-state index in [1.54, 1.807) is 48.6 Å². The summed E-state index contributed by atoms with van der Waals surface area (Å²) in [6, 6.07) is 32.0. The zero-order valence-corrected chi connectivity index (χ0v) is 40.7. The fourth-order valence-corrected chi connectivity index (χ4v) is 10.6. The van der Waals surface area contributed by atoms with Crippen LogP contribution in [0.5, 0.6) is 17.2 Å². The SMILES string of the molecule is C=CCO[C@@]12Oc3ccc(Oc4cccc(C=O)c4)cc3[C@H]3[C@H](CCCCO)[C@@H](CCCCO)C=C(C(=NOC(C)(C)C)C[C@@H]1N(Cc1cccc4ccccc14)C(=O)C=Cc1ccc([N+](=O)[O-])cc1)[C@H]32. The number of aliphatic hydroxyl groups is 2. The smallest absolute Gasteiger partial charge is 0.269 e. The minimum absolute atomic E-state index is 0.00262. The van der Waals surface area contributed by atoms with Crippen LogP contribution in [-0.2, 0) is 20.9 Å². The van der Waals surface area contributed by atoms with Crippen LogP contribution in [0.1, 0.15) is 98.7 Å². The van der Waals surface area contributed by atoms with Gasteiger partial charge in [0.2, 0.25) is 11.7 Å². The lowest BCUT2D eigenvalue weighted by atomic mass is 9.55. The van der Waals surface area contributed by atoms with Gasteiger partial charge in [-0.05, 0) is 134 Å². The molecule has 1 heterocycles. The number of rotatable bonds is 21. The van der Waals surface area contributed by atoms with E-state index in [4.69, 9.17) is 24.2 Å². The molecule has 1 amide bonds. The summed E-state index contributed by atoms with van der Waals surface area (Å²) in [5.74, 6) is -1.25. The average Bonchev–Trinajstić information content (AvgIpc) is 3.37. The molecule has 1 aliphatic heterocycles. The molecule has 0 saturated heterocycles. The summed E-state index contributed by atoms with van der Waals surface area (Å²) in [5, 5.41) is 38.6. The fraction of sp³-hybridized carbons (Fsp3) is 0.362. The number of nitrogens with zero attached hydrogens (tertiary/aromatic N) is 3. The van der Waals surface area contributed by atoms with Crippen LogP contribution in [-0.4, -0.2) is 75.2 Å². The van der Waals surface area contributed by atoms with E-state index < -0.39 is 28.3 Å². The molecular weight excluding hydrogens is 899 g/mol. The van der Waals surface area contributed by atoms with Crippen LogP contribution in [0.4, 0.5) is 5.69 Å². The number of aliphatic hydroxyl groups excluding tert-OH is 2. The number of hydrogen-bond acceptors (Lipinski definition) is 11. The second-order valence-corrected chi connectivity index (χ2v) is 19.6. The quantitative estimate of drug-likeness (QED) is 0.0180. The highest BCUT2D eigenvalue weighted by Crippen LogP contribution is 2.62. The Bertz CT molecular complexity index is 2810. The molecule has 13 heteroatoms. The third-order valence-corrected chi connectivity index (χ3v) is 13.7. The summed E-state index contributed by atoms with van der Waals surface area (Å²) in [6.07, 6.45) is 12.4. The van der Waals surface area contributed by atoms with E-state index >= 15 is 4.79 Å². The number of carbonyl (C=O) groups is 2. The number of carbonyl (C=O) groups excluding carboxylic acids is 2. The first-order valence-corrected chi connectivity index (χ1v) is 24.6. The highest BCUT2D eigenvalue weighted by atomic mass is 16.7. The number of ether oxygens (including phenoxy) is 3. The molecule has 8 rings (SSSR count). The Hall–Kier alpha value is -6.93. The molecule has 3 aliphatic rings. The van der Waals surface area contributed by atoms with Crippen molar-refractivity contribution in [1.82, 2.24) is 4.90 Å². The van der Waals surface area contributed by atoms with Gasteiger partial charge >= 0.3 is 0 Å². The molecule has 0 aromatic heterocycles. The van der Waals surface area contributed by atoms with Crippen molar-refractivity contribution in [1.29, 1.82) is 0 Å². The molecular formula is C58H63N3O10. The number of benzene rings is 5.